The second-order valence-electron chi connectivity index (χ2n) is 6.19. The first kappa shape index (κ1) is 18.0. The molecular weight excluding hydrogens is 332 g/mol. The zero-order valence-corrected chi connectivity index (χ0v) is 15.4. The van der Waals surface area contributed by atoms with Crippen LogP contribution in [0.4, 0.5) is 11.5 Å². The monoisotopic (exact) mass is 356 g/mol. The van der Waals surface area contributed by atoms with Gasteiger partial charge in [0.2, 0.25) is 0 Å². The Morgan fingerprint density at radius 2 is 1.88 bits per heavy atom. The third-order valence-electron chi connectivity index (χ3n) is 4.49. The van der Waals surface area contributed by atoms with Gasteiger partial charge in [0.05, 0.1) is 25.5 Å². The molecule has 7 heteroatoms. The number of aromatic nitrogens is 1. The largest absolute Gasteiger partial charge is 0.497 e. The van der Waals surface area contributed by atoms with Gasteiger partial charge in [0.25, 0.3) is 5.91 Å². The van der Waals surface area contributed by atoms with Gasteiger partial charge in [0.15, 0.2) is 0 Å². The van der Waals surface area contributed by atoms with Crippen LogP contribution in [0.3, 0.4) is 0 Å². The van der Waals surface area contributed by atoms with E-state index in [0.717, 1.165) is 26.2 Å². The van der Waals surface area contributed by atoms with Crippen molar-refractivity contribution >= 4 is 17.4 Å². The molecule has 1 fully saturated rings. The summed E-state index contributed by atoms with van der Waals surface area (Å²) in [7, 11) is 5.24. The Morgan fingerprint density at radius 3 is 2.58 bits per heavy atom. The zero-order chi connectivity index (χ0) is 18.5. The van der Waals surface area contributed by atoms with Crippen LogP contribution in [0.25, 0.3) is 0 Å². The highest BCUT2D eigenvalue weighted by atomic mass is 16.5. The molecule has 3 rings (SSSR count). The molecule has 1 aliphatic heterocycles. The molecule has 1 N–H and O–H groups in total. The topological polar surface area (TPSA) is 66.9 Å². The summed E-state index contributed by atoms with van der Waals surface area (Å²) in [6, 6.07) is 8.86. The Kier molecular flexibility index (Phi) is 5.58. The molecule has 0 unspecified atom stereocenters. The molecule has 0 atom stereocenters. The van der Waals surface area contributed by atoms with E-state index in [1.807, 2.05) is 0 Å². The number of pyridine rings is 1. The minimum atomic E-state index is -0.213. The van der Waals surface area contributed by atoms with Gasteiger partial charge in [0, 0.05) is 38.4 Å². The van der Waals surface area contributed by atoms with Gasteiger partial charge in [-0.1, -0.05) is 0 Å². The summed E-state index contributed by atoms with van der Waals surface area (Å²) in [6.45, 7) is 3.59. The number of benzene rings is 1. The van der Waals surface area contributed by atoms with E-state index in [-0.39, 0.29) is 5.91 Å². The summed E-state index contributed by atoms with van der Waals surface area (Å²) in [5.74, 6) is 1.71. The molecule has 0 bridgehead atoms. The molecule has 0 saturated carbocycles. The van der Waals surface area contributed by atoms with Crippen molar-refractivity contribution in [1.82, 2.24) is 9.88 Å². The Bertz CT molecular complexity index is 773. The summed E-state index contributed by atoms with van der Waals surface area (Å²) >= 11 is 0. The molecule has 7 nitrogen and oxygen atoms in total. The highest BCUT2D eigenvalue weighted by Crippen LogP contribution is 2.30. The number of likely N-dealkylation sites (N-methyl/N-ethyl adjacent to an activating group) is 1. The van der Waals surface area contributed by atoms with Gasteiger partial charge in [-0.05, 0) is 31.3 Å². The fourth-order valence-corrected chi connectivity index (χ4v) is 2.94. The van der Waals surface area contributed by atoms with Crippen LogP contribution in [0.2, 0.25) is 0 Å². The molecule has 1 aromatic heterocycles. The SMILES string of the molecule is COc1ccc(NC(=O)c2cccnc2N2CCN(C)CC2)c(OC)c1. The van der Waals surface area contributed by atoms with Gasteiger partial charge in [-0.15, -0.1) is 0 Å². The Hall–Kier alpha value is -2.80. The predicted octanol–water partition coefficient (Wildman–Crippen LogP) is 2.10. The average Bonchev–Trinajstić information content (AvgIpc) is 2.69. The molecule has 1 aliphatic rings. The molecule has 1 aromatic carbocycles. The first-order chi connectivity index (χ1) is 12.6. The van der Waals surface area contributed by atoms with Gasteiger partial charge in [-0.2, -0.15) is 0 Å². The number of carbonyl (C=O) groups is 1. The lowest BCUT2D eigenvalue weighted by Crippen LogP contribution is -2.45. The number of piperazine rings is 1. The predicted molar refractivity (Wildman–Crippen MR) is 101 cm³/mol. The summed E-state index contributed by atoms with van der Waals surface area (Å²) in [4.78, 5) is 21.8. The lowest BCUT2D eigenvalue weighted by atomic mass is 10.2. The van der Waals surface area contributed by atoms with Crippen molar-refractivity contribution < 1.29 is 14.3 Å². The van der Waals surface area contributed by atoms with Gasteiger partial charge in [-0.3, -0.25) is 4.79 Å². The van der Waals surface area contributed by atoms with Crippen LogP contribution in [0, 0.1) is 0 Å². The molecule has 0 spiro atoms. The lowest BCUT2D eigenvalue weighted by Gasteiger charge is -2.34. The molecule has 26 heavy (non-hydrogen) atoms. The van der Waals surface area contributed by atoms with Crippen LogP contribution in [-0.2, 0) is 0 Å². The first-order valence-corrected chi connectivity index (χ1v) is 8.54. The van der Waals surface area contributed by atoms with E-state index in [4.69, 9.17) is 9.47 Å². The molecule has 138 valence electrons. The van der Waals surface area contributed by atoms with Crippen LogP contribution in [0.15, 0.2) is 36.5 Å². The normalized spacial score (nSPS) is 14.8. The number of rotatable bonds is 5. The van der Waals surface area contributed by atoms with Crippen LogP contribution in [-0.4, -0.2) is 63.2 Å². The minimum absolute atomic E-state index is 0.213. The Balaban J connectivity index is 1.83. The molecule has 0 radical (unpaired) electrons. The van der Waals surface area contributed by atoms with Crippen LogP contribution < -0.4 is 19.7 Å². The summed E-state index contributed by atoms with van der Waals surface area (Å²) in [5, 5.41) is 2.92. The summed E-state index contributed by atoms with van der Waals surface area (Å²) < 4.78 is 10.6. The zero-order valence-electron chi connectivity index (χ0n) is 15.4. The fraction of sp³-hybridized carbons (Fsp3) is 0.368. The van der Waals surface area contributed by atoms with E-state index in [1.54, 1.807) is 50.7 Å². The average molecular weight is 356 g/mol. The number of nitrogens with zero attached hydrogens (tertiary/aromatic N) is 3. The summed E-state index contributed by atoms with van der Waals surface area (Å²) in [5.41, 5.74) is 1.14. The van der Waals surface area contributed by atoms with Crippen LogP contribution in [0.1, 0.15) is 10.4 Å². The Morgan fingerprint density at radius 1 is 1.12 bits per heavy atom. The van der Waals surface area contributed by atoms with Gasteiger partial charge < -0.3 is 24.6 Å². The molecular formula is C19H24N4O3. The quantitative estimate of drug-likeness (QED) is 0.885. The molecule has 1 amide bonds. The number of methoxy groups -OCH3 is 2. The Labute approximate surface area is 153 Å². The smallest absolute Gasteiger partial charge is 0.259 e. The van der Waals surface area contributed by atoms with Crippen molar-refractivity contribution in [3.8, 4) is 11.5 Å². The van der Waals surface area contributed by atoms with Crippen LogP contribution in [0.5, 0.6) is 11.5 Å². The number of ether oxygens (including phenoxy) is 2. The van der Waals surface area contributed by atoms with E-state index in [1.165, 1.54) is 0 Å². The molecule has 2 aromatic rings. The highest BCUT2D eigenvalue weighted by Gasteiger charge is 2.22. The van der Waals surface area contributed by atoms with Crippen molar-refractivity contribution in [2.75, 3.05) is 57.7 Å². The minimum Gasteiger partial charge on any atom is -0.497 e. The maximum atomic E-state index is 12.9. The molecule has 2 heterocycles. The van der Waals surface area contributed by atoms with E-state index in [2.05, 4.69) is 27.1 Å². The third kappa shape index (κ3) is 3.88. The first-order valence-electron chi connectivity index (χ1n) is 8.54. The van der Waals surface area contributed by atoms with Crippen molar-refractivity contribution in [3.05, 3.63) is 42.1 Å². The molecule has 0 aliphatic carbocycles. The third-order valence-corrected chi connectivity index (χ3v) is 4.49. The van der Waals surface area contributed by atoms with Crippen molar-refractivity contribution in [1.29, 1.82) is 0 Å². The molecule has 1 saturated heterocycles. The summed E-state index contributed by atoms with van der Waals surface area (Å²) in [6.07, 6.45) is 1.72. The number of carbonyl (C=O) groups excluding carboxylic acids is 1. The second-order valence-corrected chi connectivity index (χ2v) is 6.19. The van der Waals surface area contributed by atoms with E-state index in [9.17, 15) is 4.79 Å². The number of nitrogens with one attached hydrogen (secondary N) is 1. The number of hydrogen-bond donors (Lipinski definition) is 1. The van der Waals surface area contributed by atoms with E-state index in [0.29, 0.717) is 28.6 Å². The lowest BCUT2D eigenvalue weighted by molar-refractivity contribution is 0.102. The van der Waals surface area contributed by atoms with Crippen LogP contribution >= 0.6 is 0 Å². The number of amides is 1. The van der Waals surface area contributed by atoms with Gasteiger partial charge in [0.1, 0.15) is 17.3 Å². The number of hydrogen-bond acceptors (Lipinski definition) is 6. The van der Waals surface area contributed by atoms with Crippen molar-refractivity contribution in [2.45, 2.75) is 0 Å². The fourth-order valence-electron chi connectivity index (χ4n) is 2.94. The van der Waals surface area contributed by atoms with E-state index >= 15 is 0 Å². The van der Waals surface area contributed by atoms with Crippen molar-refractivity contribution in [3.63, 3.8) is 0 Å². The van der Waals surface area contributed by atoms with E-state index < -0.39 is 0 Å². The maximum Gasteiger partial charge on any atom is 0.259 e. The van der Waals surface area contributed by atoms with Crippen molar-refractivity contribution in [2.24, 2.45) is 0 Å². The number of anilines is 2. The van der Waals surface area contributed by atoms with Gasteiger partial charge in [-0.25, -0.2) is 4.98 Å². The van der Waals surface area contributed by atoms with Gasteiger partial charge >= 0.3 is 0 Å². The maximum absolute atomic E-state index is 12.9. The standard InChI is InChI=1S/C19H24N4O3/c1-22-9-11-23(12-10-22)18-15(5-4-8-20-18)19(24)21-16-7-6-14(25-2)13-17(16)26-3/h4-8,13H,9-12H2,1-3H3,(H,21,24). The highest BCUT2D eigenvalue weighted by molar-refractivity contribution is 6.08. The second kappa shape index (κ2) is 8.05.